The molecule has 0 fully saturated rings. The molecule has 0 N–H and O–H groups in total. The molecule has 88 valence electrons. The summed E-state index contributed by atoms with van der Waals surface area (Å²) in [6.45, 7) is 4.03. The first kappa shape index (κ1) is 13.2. The minimum atomic E-state index is -0.246. The van der Waals surface area contributed by atoms with E-state index in [0.717, 1.165) is 12.8 Å². The largest absolute Gasteiger partial charge is 0.298 e. The van der Waals surface area contributed by atoms with Gasteiger partial charge in [-0.25, -0.2) is 4.39 Å². The van der Waals surface area contributed by atoms with Crippen molar-refractivity contribution in [2.24, 2.45) is 5.92 Å². The van der Waals surface area contributed by atoms with Gasteiger partial charge in [-0.3, -0.25) is 4.79 Å². The summed E-state index contributed by atoms with van der Waals surface area (Å²) in [6, 6.07) is 6.57. The van der Waals surface area contributed by atoms with Crippen LogP contribution in [0.15, 0.2) is 29.2 Å². The molecule has 3 heteroatoms. The summed E-state index contributed by atoms with van der Waals surface area (Å²) in [5.74, 6) is 0.468. The van der Waals surface area contributed by atoms with Crippen molar-refractivity contribution in [2.45, 2.75) is 31.6 Å². The zero-order chi connectivity index (χ0) is 12.0. The number of carbonyl (C=O) groups excluding carboxylic acids is 1. The maximum Gasteiger partial charge on any atom is 0.146 e. The Balaban J connectivity index is 2.52. The average Bonchev–Trinajstić information content (AvgIpc) is 2.29. The molecule has 0 saturated heterocycles. The number of carbonyl (C=O) groups is 1. The predicted octanol–water partition coefficient (Wildman–Crippen LogP) is 3.92. The fourth-order valence-electron chi connectivity index (χ4n) is 1.57. The van der Waals surface area contributed by atoms with Gasteiger partial charge in [0.1, 0.15) is 11.6 Å². The number of thioether (sulfide) groups is 1. The SMILES string of the molecule is CCC(CC)C(=O)CSc1ccccc1F. The number of ketones is 1. The van der Waals surface area contributed by atoms with Crippen molar-refractivity contribution in [3.05, 3.63) is 30.1 Å². The van der Waals surface area contributed by atoms with E-state index >= 15 is 0 Å². The van der Waals surface area contributed by atoms with Gasteiger partial charge in [-0.1, -0.05) is 26.0 Å². The molecule has 0 aliphatic carbocycles. The Kier molecular flexibility index (Phi) is 5.53. The van der Waals surface area contributed by atoms with E-state index in [1.807, 2.05) is 13.8 Å². The lowest BCUT2D eigenvalue weighted by Gasteiger charge is -2.10. The van der Waals surface area contributed by atoms with Gasteiger partial charge in [0, 0.05) is 10.8 Å². The van der Waals surface area contributed by atoms with Crippen molar-refractivity contribution in [3.8, 4) is 0 Å². The third kappa shape index (κ3) is 3.63. The maximum atomic E-state index is 13.3. The van der Waals surface area contributed by atoms with Gasteiger partial charge in [-0.15, -0.1) is 11.8 Å². The molecule has 0 saturated carbocycles. The number of rotatable bonds is 6. The number of halogens is 1. The van der Waals surface area contributed by atoms with Crippen molar-refractivity contribution >= 4 is 17.5 Å². The van der Waals surface area contributed by atoms with Crippen molar-refractivity contribution in [1.82, 2.24) is 0 Å². The van der Waals surface area contributed by atoms with E-state index in [1.54, 1.807) is 18.2 Å². The summed E-state index contributed by atoms with van der Waals surface area (Å²) >= 11 is 1.29. The zero-order valence-corrected chi connectivity index (χ0v) is 10.5. The topological polar surface area (TPSA) is 17.1 Å². The highest BCUT2D eigenvalue weighted by Gasteiger charge is 2.14. The molecule has 16 heavy (non-hydrogen) atoms. The fourth-order valence-corrected chi connectivity index (χ4v) is 2.49. The van der Waals surface area contributed by atoms with Crippen LogP contribution >= 0.6 is 11.8 Å². The molecule has 1 aromatic rings. The Morgan fingerprint density at radius 1 is 1.31 bits per heavy atom. The molecule has 0 aliphatic heterocycles. The van der Waals surface area contributed by atoms with E-state index in [2.05, 4.69) is 0 Å². The third-order valence-electron chi connectivity index (χ3n) is 2.65. The van der Waals surface area contributed by atoms with Gasteiger partial charge in [0.05, 0.1) is 5.75 Å². The lowest BCUT2D eigenvalue weighted by molar-refractivity contribution is -0.120. The standard InChI is InChI=1S/C13H17FOS/c1-3-10(4-2)12(15)9-16-13-8-6-5-7-11(13)14/h5-8,10H,3-4,9H2,1-2H3. The smallest absolute Gasteiger partial charge is 0.146 e. The van der Waals surface area contributed by atoms with Gasteiger partial charge in [-0.2, -0.15) is 0 Å². The van der Waals surface area contributed by atoms with Crippen molar-refractivity contribution in [1.29, 1.82) is 0 Å². The molecule has 0 amide bonds. The Hall–Kier alpha value is -0.830. The van der Waals surface area contributed by atoms with E-state index in [0.29, 0.717) is 10.6 Å². The first-order valence-electron chi connectivity index (χ1n) is 5.59. The molecule has 1 nitrogen and oxygen atoms in total. The maximum absolute atomic E-state index is 13.3. The monoisotopic (exact) mass is 240 g/mol. The van der Waals surface area contributed by atoms with Crippen LogP contribution in [-0.2, 0) is 4.79 Å². The first-order chi connectivity index (χ1) is 7.69. The van der Waals surface area contributed by atoms with E-state index in [-0.39, 0.29) is 17.5 Å². The Bertz CT molecular complexity index is 348. The van der Waals surface area contributed by atoms with Crippen LogP contribution in [-0.4, -0.2) is 11.5 Å². The van der Waals surface area contributed by atoms with Crippen molar-refractivity contribution in [2.75, 3.05) is 5.75 Å². The molecule has 0 radical (unpaired) electrons. The van der Waals surface area contributed by atoms with E-state index in [9.17, 15) is 9.18 Å². The number of hydrogen-bond acceptors (Lipinski definition) is 2. The molecule has 0 aliphatic rings. The van der Waals surface area contributed by atoms with E-state index < -0.39 is 0 Å². The van der Waals surface area contributed by atoms with Gasteiger partial charge in [0.2, 0.25) is 0 Å². The highest BCUT2D eigenvalue weighted by molar-refractivity contribution is 8.00. The third-order valence-corrected chi connectivity index (χ3v) is 3.72. The van der Waals surface area contributed by atoms with Crippen molar-refractivity contribution in [3.63, 3.8) is 0 Å². The average molecular weight is 240 g/mol. The summed E-state index contributed by atoms with van der Waals surface area (Å²) in [5.41, 5.74) is 0. The highest BCUT2D eigenvalue weighted by atomic mass is 32.2. The second-order valence-corrected chi connectivity index (χ2v) is 4.72. The molecular formula is C13H17FOS. The summed E-state index contributed by atoms with van der Waals surface area (Å²) < 4.78 is 13.3. The normalized spacial score (nSPS) is 10.8. The Morgan fingerprint density at radius 3 is 2.50 bits per heavy atom. The lowest BCUT2D eigenvalue weighted by Crippen LogP contribution is -2.14. The van der Waals surface area contributed by atoms with Crippen LogP contribution in [0.2, 0.25) is 0 Å². The fraction of sp³-hybridized carbons (Fsp3) is 0.462. The molecule has 1 rings (SSSR count). The minimum absolute atomic E-state index is 0.124. The molecular weight excluding hydrogens is 223 g/mol. The molecule has 1 aromatic carbocycles. The summed E-state index contributed by atoms with van der Waals surface area (Å²) in [6.07, 6.45) is 1.74. The number of benzene rings is 1. The van der Waals surface area contributed by atoms with Crippen molar-refractivity contribution < 1.29 is 9.18 Å². The summed E-state index contributed by atoms with van der Waals surface area (Å²) in [4.78, 5) is 12.3. The van der Waals surface area contributed by atoms with Gasteiger partial charge >= 0.3 is 0 Å². The van der Waals surface area contributed by atoms with Crippen LogP contribution in [0.1, 0.15) is 26.7 Å². The van der Waals surface area contributed by atoms with Crippen LogP contribution in [0.25, 0.3) is 0 Å². The van der Waals surface area contributed by atoms with Crippen LogP contribution in [0.5, 0.6) is 0 Å². The van der Waals surface area contributed by atoms with Crippen LogP contribution in [0.3, 0.4) is 0 Å². The van der Waals surface area contributed by atoms with Gasteiger partial charge < -0.3 is 0 Å². The zero-order valence-electron chi connectivity index (χ0n) is 9.70. The molecule has 0 atom stereocenters. The number of hydrogen-bond donors (Lipinski definition) is 0. The molecule has 0 spiro atoms. The lowest BCUT2D eigenvalue weighted by atomic mass is 10.00. The highest BCUT2D eigenvalue weighted by Crippen LogP contribution is 2.23. The first-order valence-corrected chi connectivity index (χ1v) is 6.57. The predicted molar refractivity (Wildman–Crippen MR) is 66.2 cm³/mol. The molecule has 0 bridgehead atoms. The van der Waals surface area contributed by atoms with E-state index in [4.69, 9.17) is 0 Å². The quantitative estimate of drug-likeness (QED) is 0.701. The molecule has 0 unspecified atom stereocenters. The number of Topliss-reactive ketones (excluding diaryl/α,β-unsaturated/α-hetero) is 1. The van der Waals surface area contributed by atoms with Crippen LogP contribution in [0.4, 0.5) is 4.39 Å². The second-order valence-electron chi connectivity index (χ2n) is 3.70. The van der Waals surface area contributed by atoms with Crippen LogP contribution < -0.4 is 0 Å². The summed E-state index contributed by atoms with van der Waals surface area (Å²) in [5, 5.41) is 0. The summed E-state index contributed by atoms with van der Waals surface area (Å²) in [7, 11) is 0. The second kappa shape index (κ2) is 6.69. The van der Waals surface area contributed by atoms with Gasteiger partial charge in [0.15, 0.2) is 0 Å². The van der Waals surface area contributed by atoms with Gasteiger partial charge in [-0.05, 0) is 25.0 Å². The molecule has 0 heterocycles. The molecule has 0 aromatic heterocycles. The Labute approximate surface area is 100 Å². The Morgan fingerprint density at radius 2 is 1.94 bits per heavy atom. The van der Waals surface area contributed by atoms with Gasteiger partial charge in [0.25, 0.3) is 0 Å². The minimum Gasteiger partial charge on any atom is -0.298 e. The van der Waals surface area contributed by atoms with E-state index in [1.165, 1.54) is 17.8 Å². The van der Waals surface area contributed by atoms with Crippen LogP contribution in [0, 0.1) is 11.7 Å².